The van der Waals surface area contributed by atoms with E-state index < -0.39 is 12.0 Å². The molecule has 17 heavy (non-hydrogen) atoms. The minimum absolute atomic E-state index is 0.127. The lowest BCUT2D eigenvalue weighted by Crippen LogP contribution is -2.29. The van der Waals surface area contributed by atoms with Crippen molar-refractivity contribution in [3.8, 4) is 0 Å². The number of β-amino-alcohol motifs (C(OH)–C–C–N with tert-alkyl or cyclic N) is 1. The molecule has 1 atom stereocenters. The molecule has 0 aromatic heterocycles. The standard InChI is InChI=1S/C12H14N2O3/c13-11(16)8-1-3-9(4-2-8)12(17)14-6-5-10(15)7-14/h1-4,10,15H,5-7H2,(H2,13,16)/t10-/m1/s1. The van der Waals surface area contributed by atoms with Gasteiger partial charge in [0.25, 0.3) is 5.91 Å². The highest BCUT2D eigenvalue weighted by Gasteiger charge is 2.25. The Balaban J connectivity index is 2.12. The van der Waals surface area contributed by atoms with E-state index in [0.29, 0.717) is 30.6 Å². The van der Waals surface area contributed by atoms with Crippen molar-refractivity contribution >= 4 is 11.8 Å². The fourth-order valence-electron chi connectivity index (χ4n) is 1.89. The van der Waals surface area contributed by atoms with Gasteiger partial charge in [0, 0.05) is 24.2 Å². The molecule has 1 aromatic carbocycles. The van der Waals surface area contributed by atoms with Gasteiger partial charge in [-0.3, -0.25) is 9.59 Å². The summed E-state index contributed by atoms with van der Waals surface area (Å²) in [4.78, 5) is 24.4. The maximum atomic E-state index is 12.0. The van der Waals surface area contributed by atoms with E-state index >= 15 is 0 Å². The van der Waals surface area contributed by atoms with Crippen LogP contribution in [0.2, 0.25) is 0 Å². The Morgan fingerprint density at radius 3 is 2.29 bits per heavy atom. The first kappa shape index (κ1) is 11.6. The number of hydrogen-bond acceptors (Lipinski definition) is 3. The smallest absolute Gasteiger partial charge is 0.253 e. The maximum Gasteiger partial charge on any atom is 0.253 e. The topological polar surface area (TPSA) is 83.6 Å². The molecule has 1 aliphatic rings. The molecular formula is C12H14N2O3. The highest BCUT2D eigenvalue weighted by Crippen LogP contribution is 2.14. The van der Waals surface area contributed by atoms with Gasteiger partial charge in [-0.25, -0.2) is 0 Å². The molecule has 0 unspecified atom stereocenters. The van der Waals surface area contributed by atoms with Crippen LogP contribution in [0, 0.1) is 0 Å². The van der Waals surface area contributed by atoms with E-state index in [2.05, 4.69) is 0 Å². The quantitative estimate of drug-likeness (QED) is 0.755. The molecule has 2 amide bonds. The van der Waals surface area contributed by atoms with Crippen molar-refractivity contribution in [3.63, 3.8) is 0 Å². The third-order valence-electron chi connectivity index (χ3n) is 2.87. The number of carbonyl (C=O) groups is 2. The van der Waals surface area contributed by atoms with Crippen molar-refractivity contribution in [2.75, 3.05) is 13.1 Å². The highest BCUT2D eigenvalue weighted by molar-refractivity contribution is 5.97. The zero-order chi connectivity index (χ0) is 12.4. The summed E-state index contributed by atoms with van der Waals surface area (Å²) >= 11 is 0. The van der Waals surface area contributed by atoms with Crippen LogP contribution in [0.4, 0.5) is 0 Å². The van der Waals surface area contributed by atoms with Gasteiger partial charge in [-0.05, 0) is 30.7 Å². The van der Waals surface area contributed by atoms with Crippen molar-refractivity contribution in [2.45, 2.75) is 12.5 Å². The van der Waals surface area contributed by atoms with Crippen molar-refractivity contribution < 1.29 is 14.7 Å². The number of nitrogens with zero attached hydrogens (tertiary/aromatic N) is 1. The lowest BCUT2D eigenvalue weighted by molar-refractivity contribution is 0.0764. The molecule has 1 aromatic rings. The number of rotatable bonds is 2. The SMILES string of the molecule is NC(=O)c1ccc(C(=O)N2CC[C@@H](O)C2)cc1. The Kier molecular flexibility index (Phi) is 3.10. The average molecular weight is 234 g/mol. The second kappa shape index (κ2) is 4.55. The summed E-state index contributed by atoms with van der Waals surface area (Å²) in [5, 5.41) is 9.36. The van der Waals surface area contributed by atoms with Crippen LogP contribution in [0.15, 0.2) is 24.3 Å². The van der Waals surface area contributed by atoms with Gasteiger partial charge in [0.2, 0.25) is 5.91 Å². The van der Waals surface area contributed by atoms with Gasteiger partial charge < -0.3 is 15.7 Å². The number of primary amides is 1. The molecule has 1 fully saturated rings. The number of aliphatic hydroxyl groups excluding tert-OH is 1. The molecular weight excluding hydrogens is 220 g/mol. The molecule has 0 radical (unpaired) electrons. The van der Waals surface area contributed by atoms with E-state index in [1.807, 2.05) is 0 Å². The molecule has 2 rings (SSSR count). The first-order valence-electron chi connectivity index (χ1n) is 5.45. The van der Waals surface area contributed by atoms with E-state index in [-0.39, 0.29) is 5.91 Å². The number of benzene rings is 1. The van der Waals surface area contributed by atoms with E-state index in [1.165, 1.54) is 12.1 Å². The zero-order valence-electron chi connectivity index (χ0n) is 9.30. The second-order valence-corrected chi connectivity index (χ2v) is 4.14. The van der Waals surface area contributed by atoms with Crippen molar-refractivity contribution in [1.82, 2.24) is 4.90 Å². The summed E-state index contributed by atoms with van der Waals surface area (Å²) in [5.41, 5.74) is 5.99. The van der Waals surface area contributed by atoms with Crippen LogP contribution < -0.4 is 5.73 Å². The molecule has 0 saturated carbocycles. The Morgan fingerprint density at radius 1 is 1.24 bits per heavy atom. The summed E-state index contributed by atoms with van der Waals surface area (Å²) in [7, 11) is 0. The van der Waals surface area contributed by atoms with Crippen molar-refractivity contribution in [1.29, 1.82) is 0 Å². The van der Waals surface area contributed by atoms with Crippen LogP contribution in [0.3, 0.4) is 0 Å². The number of carbonyl (C=O) groups excluding carboxylic acids is 2. The minimum Gasteiger partial charge on any atom is -0.391 e. The molecule has 1 saturated heterocycles. The predicted octanol–water partition coefficient (Wildman–Crippen LogP) is -0.00770. The van der Waals surface area contributed by atoms with Gasteiger partial charge in [-0.1, -0.05) is 0 Å². The number of aliphatic hydroxyl groups is 1. The van der Waals surface area contributed by atoms with Crippen LogP contribution >= 0.6 is 0 Å². The monoisotopic (exact) mass is 234 g/mol. The summed E-state index contributed by atoms with van der Waals surface area (Å²) in [6.45, 7) is 0.938. The number of hydrogen-bond donors (Lipinski definition) is 2. The first-order valence-corrected chi connectivity index (χ1v) is 5.45. The van der Waals surface area contributed by atoms with Crippen LogP contribution in [0.25, 0.3) is 0 Å². The Labute approximate surface area is 98.8 Å². The molecule has 1 heterocycles. The second-order valence-electron chi connectivity index (χ2n) is 4.14. The van der Waals surface area contributed by atoms with Gasteiger partial charge in [-0.15, -0.1) is 0 Å². The normalized spacial score (nSPS) is 19.4. The molecule has 0 aliphatic carbocycles. The fourth-order valence-corrected chi connectivity index (χ4v) is 1.89. The molecule has 1 aliphatic heterocycles. The van der Waals surface area contributed by atoms with Gasteiger partial charge in [0.15, 0.2) is 0 Å². The Hall–Kier alpha value is -1.88. The first-order chi connectivity index (χ1) is 8.08. The van der Waals surface area contributed by atoms with Gasteiger partial charge in [-0.2, -0.15) is 0 Å². The number of nitrogens with two attached hydrogens (primary N) is 1. The van der Waals surface area contributed by atoms with E-state index in [0.717, 1.165) is 0 Å². The third-order valence-corrected chi connectivity index (χ3v) is 2.87. The van der Waals surface area contributed by atoms with Crippen LogP contribution in [-0.2, 0) is 0 Å². The summed E-state index contributed by atoms with van der Waals surface area (Å²) < 4.78 is 0. The molecule has 0 bridgehead atoms. The van der Waals surface area contributed by atoms with Gasteiger partial charge in [0.05, 0.1) is 6.10 Å². The summed E-state index contributed by atoms with van der Waals surface area (Å²) in [6.07, 6.45) is 0.189. The van der Waals surface area contributed by atoms with Crippen LogP contribution in [0.5, 0.6) is 0 Å². The van der Waals surface area contributed by atoms with Crippen molar-refractivity contribution in [2.24, 2.45) is 5.73 Å². The lowest BCUT2D eigenvalue weighted by Gasteiger charge is -2.15. The molecule has 3 N–H and O–H groups in total. The predicted molar refractivity (Wildman–Crippen MR) is 61.5 cm³/mol. The molecule has 0 spiro atoms. The summed E-state index contributed by atoms with van der Waals surface area (Å²) in [5.74, 6) is -0.641. The molecule has 5 nitrogen and oxygen atoms in total. The lowest BCUT2D eigenvalue weighted by atomic mass is 10.1. The van der Waals surface area contributed by atoms with E-state index in [4.69, 9.17) is 5.73 Å². The fraction of sp³-hybridized carbons (Fsp3) is 0.333. The molecule has 90 valence electrons. The van der Waals surface area contributed by atoms with E-state index in [1.54, 1.807) is 17.0 Å². The third kappa shape index (κ3) is 2.45. The van der Waals surface area contributed by atoms with Crippen LogP contribution in [0.1, 0.15) is 27.1 Å². The van der Waals surface area contributed by atoms with Crippen molar-refractivity contribution in [3.05, 3.63) is 35.4 Å². The summed E-state index contributed by atoms with van der Waals surface area (Å²) in [6, 6.07) is 6.21. The molecule has 5 heteroatoms. The Bertz CT molecular complexity index is 442. The largest absolute Gasteiger partial charge is 0.391 e. The van der Waals surface area contributed by atoms with Gasteiger partial charge >= 0.3 is 0 Å². The Morgan fingerprint density at radius 2 is 1.82 bits per heavy atom. The minimum atomic E-state index is -0.513. The number of amides is 2. The number of likely N-dealkylation sites (tertiary alicyclic amines) is 1. The van der Waals surface area contributed by atoms with Crippen LogP contribution in [-0.4, -0.2) is 41.0 Å². The maximum absolute atomic E-state index is 12.0. The van der Waals surface area contributed by atoms with Gasteiger partial charge in [0.1, 0.15) is 0 Å². The zero-order valence-corrected chi connectivity index (χ0v) is 9.30. The highest BCUT2D eigenvalue weighted by atomic mass is 16.3. The average Bonchev–Trinajstić information content (AvgIpc) is 2.75. The van der Waals surface area contributed by atoms with E-state index in [9.17, 15) is 14.7 Å².